The summed E-state index contributed by atoms with van der Waals surface area (Å²) in [4.78, 5) is 16.4. The van der Waals surface area contributed by atoms with Crippen molar-refractivity contribution in [3.63, 3.8) is 0 Å². The van der Waals surface area contributed by atoms with E-state index in [4.69, 9.17) is 23.6 Å². The fourth-order valence-corrected chi connectivity index (χ4v) is 2.75. The van der Waals surface area contributed by atoms with E-state index in [-0.39, 0.29) is 21.7 Å². The Morgan fingerprint density at radius 2 is 2.10 bits per heavy atom. The number of nitrogen functional groups attached to an aromatic ring is 1. The maximum atomic E-state index is 12.5. The first kappa shape index (κ1) is 9.87. The van der Waals surface area contributed by atoms with Crippen LogP contribution in [-0.2, 0) is 17.6 Å². The number of benzene rings is 2. The highest BCUT2D eigenvalue weighted by Crippen LogP contribution is 2.21. The first-order chi connectivity index (χ1) is 19.2. The Kier molecular flexibility index (Phi) is 3.47. The zero-order valence-corrected chi connectivity index (χ0v) is 16.3. The second kappa shape index (κ2) is 10.2. The van der Waals surface area contributed by atoms with Crippen LogP contribution in [0.15, 0.2) is 53.7 Å². The molecule has 0 bridgehead atoms. The molecular formula is C23H27N3O2S. The van der Waals surface area contributed by atoms with E-state index in [0.29, 0.717) is 0 Å². The molecule has 1 atom stereocenters. The summed E-state index contributed by atoms with van der Waals surface area (Å²) in [5.41, 5.74) is 3.78. The van der Waals surface area contributed by atoms with Crippen LogP contribution in [-0.4, -0.2) is 16.0 Å². The number of thiazole rings is 1. The van der Waals surface area contributed by atoms with Crippen molar-refractivity contribution in [2.45, 2.75) is 45.0 Å². The van der Waals surface area contributed by atoms with Gasteiger partial charge >= 0.3 is 0 Å². The van der Waals surface area contributed by atoms with Crippen LogP contribution < -0.4 is 11.1 Å². The first-order valence-corrected chi connectivity index (χ1v) is 9.41. The molecule has 1 aromatic heterocycles. The van der Waals surface area contributed by atoms with E-state index in [1.807, 2.05) is 0 Å². The molecule has 0 unspecified atom stereocenters. The summed E-state index contributed by atoms with van der Waals surface area (Å²) >= 11 is 0.844. The zero-order chi connectivity index (χ0) is 32.1. The van der Waals surface area contributed by atoms with Crippen LogP contribution >= 0.6 is 11.3 Å². The number of hydrogen-bond acceptors (Lipinski definition) is 5. The van der Waals surface area contributed by atoms with E-state index in [2.05, 4.69) is 10.3 Å². The number of nitrogens with two attached hydrogens (primary N) is 1. The SMILES string of the molecule is [2H]c1sc(N)nc1CC(=O)Nc1c([2H])c([2H])c(C([2H])([2H])CCC([2H])([2H])[C@H](O)c2c([2H])c([2H])c([2H])c(C)c2[2H])c([2H])c1[2H]. The smallest absolute Gasteiger partial charge is 0.230 e. The topological polar surface area (TPSA) is 88.2 Å². The van der Waals surface area contributed by atoms with Gasteiger partial charge in [0.25, 0.3) is 0 Å². The number of aromatic nitrogens is 1. The first-order valence-electron chi connectivity index (χ1n) is 15.1. The largest absolute Gasteiger partial charge is 0.388 e. The van der Waals surface area contributed by atoms with Crippen molar-refractivity contribution >= 4 is 28.1 Å². The number of rotatable bonds is 9. The Hall–Kier alpha value is -2.70. The predicted octanol–water partition coefficient (Wildman–Crippen LogP) is 4.66. The Labute approximate surface area is 193 Å². The molecule has 4 N–H and O–H groups in total. The van der Waals surface area contributed by atoms with Crippen molar-refractivity contribution < 1.29 is 27.7 Å². The number of amides is 1. The molecule has 0 radical (unpaired) electrons. The van der Waals surface area contributed by atoms with Gasteiger partial charge in [0, 0.05) is 16.5 Å². The van der Waals surface area contributed by atoms with Gasteiger partial charge in [0.2, 0.25) is 5.91 Å². The quantitative estimate of drug-likeness (QED) is 0.468. The summed E-state index contributed by atoms with van der Waals surface area (Å²) < 4.78 is 107. The van der Waals surface area contributed by atoms with Crippen molar-refractivity contribution in [3.05, 3.63) is 76.1 Å². The minimum atomic E-state index is -2.66. The van der Waals surface area contributed by atoms with E-state index in [0.717, 1.165) is 11.3 Å². The highest BCUT2D eigenvalue weighted by Gasteiger charge is 2.08. The van der Waals surface area contributed by atoms with Gasteiger partial charge in [-0.1, -0.05) is 48.2 Å². The molecular weight excluding hydrogens is 382 g/mol. The highest BCUT2D eigenvalue weighted by molar-refractivity contribution is 7.13. The molecule has 152 valence electrons. The molecule has 0 aliphatic carbocycles. The molecule has 0 aliphatic heterocycles. The van der Waals surface area contributed by atoms with Gasteiger partial charge in [-0.3, -0.25) is 4.79 Å². The van der Waals surface area contributed by atoms with Crippen LogP contribution in [0.1, 0.15) is 65.5 Å². The van der Waals surface area contributed by atoms with Crippen LogP contribution in [0.4, 0.5) is 10.8 Å². The fraction of sp³-hybridized carbons (Fsp3) is 0.304. The molecule has 2 aromatic carbocycles. The lowest BCUT2D eigenvalue weighted by molar-refractivity contribution is -0.115. The molecule has 6 heteroatoms. The number of nitrogens with zero attached hydrogens (tertiary/aromatic N) is 1. The number of carbonyl (C=O) groups excluding carboxylic acids is 1. The van der Waals surface area contributed by atoms with Crippen LogP contribution in [0.2, 0.25) is 0 Å². The molecule has 1 heterocycles. The van der Waals surface area contributed by atoms with Crippen LogP contribution in [0.3, 0.4) is 0 Å². The Morgan fingerprint density at radius 3 is 2.83 bits per heavy atom. The van der Waals surface area contributed by atoms with Gasteiger partial charge in [-0.2, -0.15) is 0 Å². The molecule has 0 saturated carbocycles. The summed E-state index contributed by atoms with van der Waals surface area (Å²) in [6.07, 6.45) is -9.40. The molecule has 0 aliphatic rings. The van der Waals surface area contributed by atoms with Crippen LogP contribution in [0.5, 0.6) is 0 Å². The lowest BCUT2D eigenvalue weighted by Crippen LogP contribution is -2.14. The molecule has 5 nitrogen and oxygen atoms in total. The van der Waals surface area contributed by atoms with Crippen molar-refractivity contribution in [2.75, 3.05) is 11.1 Å². The van der Waals surface area contributed by atoms with Crippen molar-refractivity contribution in [3.8, 4) is 0 Å². The summed E-state index contributed by atoms with van der Waals surface area (Å²) in [5.74, 6) is -0.806. The van der Waals surface area contributed by atoms with Crippen molar-refractivity contribution in [1.82, 2.24) is 4.98 Å². The lowest BCUT2D eigenvalue weighted by Gasteiger charge is -2.11. The Bertz CT molecular complexity index is 1500. The van der Waals surface area contributed by atoms with Gasteiger partial charge in [-0.25, -0.2) is 4.98 Å². The summed E-state index contributed by atoms with van der Waals surface area (Å²) in [5, 5.41) is 13.0. The summed E-state index contributed by atoms with van der Waals surface area (Å²) in [6.45, 7) is 1.32. The number of aliphatic hydroxyl groups is 1. The predicted molar refractivity (Wildman–Crippen MR) is 119 cm³/mol. The number of aliphatic hydroxyl groups excluding tert-OH is 1. The van der Waals surface area contributed by atoms with Crippen molar-refractivity contribution in [2.24, 2.45) is 0 Å². The van der Waals surface area contributed by atoms with Gasteiger partial charge in [0.1, 0.15) is 0 Å². The minimum Gasteiger partial charge on any atom is -0.388 e. The van der Waals surface area contributed by atoms with E-state index >= 15 is 0 Å². The molecule has 3 aromatic rings. The van der Waals surface area contributed by atoms with Gasteiger partial charge in [-0.05, 0) is 49.3 Å². The van der Waals surface area contributed by atoms with Gasteiger partial charge in [-0.15, -0.1) is 11.3 Å². The molecule has 0 saturated heterocycles. The van der Waals surface area contributed by atoms with Crippen molar-refractivity contribution in [1.29, 1.82) is 0 Å². The highest BCUT2D eigenvalue weighted by atomic mass is 32.1. The molecule has 29 heavy (non-hydrogen) atoms. The molecule has 0 fully saturated rings. The van der Waals surface area contributed by atoms with E-state index in [1.165, 1.54) is 6.92 Å². The number of hydrogen-bond donors (Lipinski definition) is 3. The Balaban J connectivity index is 1.89. The fourth-order valence-electron chi connectivity index (χ4n) is 2.26. The minimum absolute atomic E-state index is 0.0390. The van der Waals surface area contributed by atoms with E-state index in [1.54, 1.807) is 0 Å². The monoisotopic (exact) mass is 422 g/mol. The normalized spacial score (nSPS) is 19.3. The third kappa shape index (κ3) is 6.69. The van der Waals surface area contributed by atoms with Crippen LogP contribution in [0, 0.1) is 6.92 Å². The van der Waals surface area contributed by atoms with Gasteiger partial charge in [0.15, 0.2) is 5.13 Å². The van der Waals surface area contributed by atoms with E-state index in [9.17, 15) is 9.90 Å². The van der Waals surface area contributed by atoms with Crippen LogP contribution in [0.25, 0.3) is 0 Å². The lowest BCUT2D eigenvalue weighted by atomic mass is 10.00. The number of nitrogens with one attached hydrogen (secondary N) is 1. The second-order valence-electron chi connectivity index (χ2n) is 5.90. The van der Waals surface area contributed by atoms with Gasteiger partial charge in [0.05, 0.1) is 30.6 Å². The maximum Gasteiger partial charge on any atom is 0.230 e. The number of carbonyl (C=O) groups is 1. The Morgan fingerprint density at radius 1 is 1.31 bits per heavy atom. The maximum absolute atomic E-state index is 12.5. The average molecular weight is 423 g/mol. The average Bonchev–Trinajstić information content (AvgIpc) is 3.22. The zero-order valence-electron chi connectivity index (χ0n) is 28.5. The van der Waals surface area contributed by atoms with E-state index < -0.39 is 109 Å². The molecule has 3 rings (SSSR count). The third-order valence-corrected chi connectivity index (χ3v) is 4.18. The van der Waals surface area contributed by atoms with Gasteiger partial charge < -0.3 is 16.2 Å². The molecule has 1 amide bonds. The second-order valence-corrected chi connectivity index (χ2v) is 6.72. The standard InChI is InChI=1S/C23H27N3O2S/c1-16-5-4-7-18(13-16)21(27)8-3-2-6-17-9-11-19(12-10-17)25-22(28)14-20-15-29-23(24)26-20/h4-5,7,9-13,15,21,27H,2-3,6,8,14H2,1H3,(H2,24,26)(H,25,28)/t21-/m0/s1/i4D,5D,6D2,7D,8D2,9D,10D,11D,12D,13D,15D. The summed E-state index contributed by atoms with van der Waals surface area (Å²) in [7, 11) is 0. The molecule has 0 spiro atoms. The number of anilines is 2. The third-order valence-electron chi connectivity index (χ3n) is 3.54. The summed E-state index contributed by atoms with van der Waals surface area (Å²) in [6, 6.07) is -5.37.